The van der Waals surface area contributed by atoms with Crippen LogP contribution in [0.4, 0.5) is 4.39 Å². The van der Waals surface area contributed by atoms with Crippen molar-refractivity contribution in [2.45, 2.75) is 13.5 Å². The molecule has 1 heterocycles. The van der Waals surface area contributed by atoms with Crippen LogP contribution in [0.25, 0.3) is 0 Å². The lowest BCUT2D eigenvalue weighted by Crippen LogP contribution is -1.97. The molecule has 0 aliphatic rings. The SMILES string of the molecule is Cc1cc(OCc2cncc(F)c2)ccc1C#CCO. The molecule has 1 aromatic carbocycles. The van der Waals surface area contributed by atoms with Gasteiger partial charge >= 0.3 is 0 Å². The van der Waals surface area contributed by atoms with E-state index >= 15 is 0 Å². The highest BCUT2D eigenvalue weighted by Crippen LogP contribution is 2.18. The first kappa shape index (κ1) is 14.0. The lowest BCUT2D eigenvalue weighted by Gasteiger charge is -2.08. The Kier molecular flexibility index (Phi) is 4.70. The van der Waals surface area contributed by atoms with Crippen LogP contribution in [0.3, 0.4) is 0 Å². The number of benzene rings is 1. The molecule has 20 heavy (non-hydrogen) atoms. The van der Waals surface area contributed by atoms with Gasteiger partial charge in [-0.25, -0.2) is 4.39 Å². The van der Waals surface area contributed by atoms with Crippen LogP contribution in [0, 0.1) is 24.6 Å². The number of aliphatic hydroxyl groups is 1. The van der Waals surface area contributed by atoms with E-state index < -0.39 is 0 Å². The number of aliphatic hydroxyl groups excluding tert-OH is 1. The molecular weight excluding hydrogens is 257 g/mol. The molecule has 1 aromatic heterocycles. The molecule has 0 fully saturated rings. The Morgan fingerprint density at radius 2 is 2.15 bits per heavy atom. The Hall–Kier alpha value is -2.38. The smallest absolute Gasteiger partial charge is 0.141 e. The van der Waals surface area contributed by atoms with Gasteiger partial charge in [0.2, 0.25) is 0 Å². The molecule has 3 nitrogen and oxygen atoms in total. The van der Waals surface area contributed by atoms with E-state index in [4.69, 9.17) is 9.84 Å². The Morgan fingerprint density at radius 3 is 2.85 bits per heavy atom. The van der Waals surface area contributed by atoms with Gasteiger partial charge in [0.25, 0.3) is 0 Å². The number of hydrogen-bond acceptors (Lipinski definition) is 3. The van der Waals surface area contributed by atoms with Crippen LogP contribution in [0.15, 0.2) is 36.7 Å². The Bertz CT molecular complexity index is 659. The summed E-state index contributed by atoms with van der Waals surface area (Å²) in [7, 11) is 0. The van der Waals surface area contributed by atoms with E-state index in [0.717, 1.165) is 17.3 Å². The monoisotopic (exact) mass is 271 g/mol. The van der Waals surface area contributed by atoms with Crippen molar-refractivity contribution in [3.8, 4) is 17.6 Å². The van der Waals surface area contributed by atoms with Crippen molar-refractivity contribution in [1.82, 2.24) is 4.98 Å². The van der Waals surface area contributed by atoms with E-state index in [1.807, 2.05) is 19.1 Å². The maximum atomic E-state index is 13.0. The number of nitrogens with zero attached hydrogens (tertiary/aromatic N) is 1. The minimum absolute atomic E-state index is 0.162. The molecule has 0 aliphatic carbocycles. The number of aryl methyl sites for hydroxylation is 1. The van der Waals surface area contributed by atoms with Gasteiger partial charge in [0, 0.05) is 17.3 Å². The predicted octanol–water partition coefficient (Wildman–Crippen LogP) is 2.45. The summed E-state index contributed by atoms with van der Waals surface area (Å²) in [5.74, 6) is 5.76. The second-order valence-electron chi connectivity index (χ2n) is 4.24. The van der Waals surface area contributed by atoms with E-state index in [1.165, 1.54) is 6.07 Å². The van der Waals surface area contributed by atoms with Crippen molar-refractivity contribution in [3.63, 3.8) is 0 Å². The fourth-order valence-corrected chi connectivity index (χ4v) is 1.70. The zero-order valence-corrected chi connectivity index (χ0v) is 11.1. The number of pyridine rings is 1. The van der Waals surface area contributed by atoms with Crippen LogP contribution in [-0.2, 0) is 6.61 Å². The van der Waals surface area contributed by atoms with Crippen molar-refractivity contribution in [2.75, 3.05) is 6.61 Å². The van der Waals surface area contributed by atoms with E-state index in [-0.39, 0.29) is 19.0 Å². The Balaban J connectivity index is 2.05. The van der Waals surface area contributed by atoms with Crippen LogP contribution < -0.4 is 4.74 Å². The fourth-order valence-electron chi connectivity index (χ4n) is 1.70. The molecule has 2 aromatic rings. The standard InChI is InChI=1S/C16H14FNO2/c1-12-7-16(5-4-14(12)3-2-6-19)20-11-13-8-15(17)10-18-9-13/h4-5,7-10,19H,6,11H2,1H3. The minimum atomic E-state index is -0.378. The summed E-state index contributed by atoms with van der Waals surface area (Å²) in [6, 6.07) is 6.87. The molecule has 0 saturated heterocycles. The lowest BCUT2D eigenvalue weighted by atomic mass is 10.1. The highest BCUT2D eigenvalue weighted by molar-refractivity contribution is 5.44. The molecule has 0 spiro atoms. The number of halogens is 1. The van der Waals surface area contributed by atoms with Crippen molar-refractivity contribution in [1.29, 1.82) is 0 Å². The first-order chi connectivity index (χ1) is 9.69. The van der Waals surface area contributed by atoms with E-state index in [2.05, 4.69) is 16.8 Å². The summed E-state index contributed by atoms with van der Waals surface area (Å²) in [5.41, 5.74) is 2.48. The third kappa shape index (κ3) is 3.81. The first-order valence-electron chi connectivity index (χ1n) is 6.11. The molecule has 0 aliphatic heterocycles. The largest absolute Gasteiger partial charge is 0.489 e. The van der Waals surface area contributed by atoms with Crippen molar-refractivity contribution in [2.24, 2.45) is 0 Å². The molecule has 0 radical (unpaired) electrons. The second kappa shape index (κ2) is 6.69. The minimum Gasteiger partial charge on any atom is -0.489 e. The number of ether oxygens (including phenoxy) is 1. The Morgan fingerprint density at radius 1 is 1.30 bits per heavy atom. The van der Waals surface area contributed by atoms with Gasteiger partial charge in [-0.3, -0.25) is 4.98 Å². The van der Waals surface area contributed by atoms with E-state index in [1.54, 1.807) is 12.3 Å². The van der Waals surface area contributed by atoms with Crippen LogP contribution in [0.2, 0.25) is 0 Å². The third-order valence-electron chi connectivity index (χ3n) is 2.67. The van der Waals surface area contributed by atoms with Crippen molar-refractivity contribution >= 4 is 0 Å². The summed E-state index contributed by atoms with van der Waals surface area (Å²) in [5, 5.41) is 8.67. The van der Waals surface area contributed by atoms with Gasteiger partial charge in [-0.1, -0.05) is 11.8 Å². The summed E-state index contributed by atoms with van der Waals surface area (Å²) < 4.78 is 18.6. The summed E-state index contributed by atoms with van der Waals surface area (Å²) in [4.78, 5) is 3.76. The molecule has 2 rings (SSSR count). The lowest BCUT2D eigenvalue weighted by molar-refractivity contribution is 0.305. The van der Waals surface area contributed by atoms with Crippen LogP contribution in [-0.4, -0.2) is 16.7 Å². The normalized spacial score (nSPS) is 9.75. The van der Waals surface area contributed by atoms with Gasteiger partial charge in [0.15, 0.2) is 0 Å². The molecular formula is C16H14FNO2. The number of rotatable bonds is 3. The molecule has 0 amide bonds. The highest BCUT2D eigenvalue weighted by atomic mass is 19.1. The fraction of sp³-hybridized carbons (Fsp3) is 0.188. The molecule has 0 unspecified atom stereocenters. The molecule has 0 saturated carbocycles. The van der Waals surface area contributed by atoms with Crippen molar-refractivity contribution < 1.29 is 14.2 Å². The van der Waals surface area contributed by atoms with Gasteiger partial charge in [-0.15, -0.1) is 0 Å². The molecule has 4 heteroatoms. The highest BCUT2D eigenvalue weighted by Gasteiger charge is 2.01. The van der Waals surface area contributed by atoms with Gasteiger partial charge < -0.3 is 9.84 Å². The van der Waals surface area contributed by atoms with Crippen LogP contribution in [0.5, 0.6) is 5.75 Å². The predicted molar refractivity (Wildman–Crippen MR) is 73.7 cm³/mol. The Labute approximate surface area is 117 Å². The average Bonchev–Trinajstić information content (AvgIpc) is 2.44. The van der Waals surface area contributed by atoms with Gasteiger partial charge in [-0.2, -0.15) is 0 Å². The molecule has 0 atom stereocenters. The summed E-state index contributed by atoms with van der Waals surface area (Å²) in [6.07, 6.45) is 2.72. The van der Waals surface area contributed by atoms with Crippen LogP contribution >= 0.6 is 0 Å². The summed E-state index contributed by atoms with van der Waals surface area (Å²) in [6.45, 7) is 2.01. The third-order valence-corrected chi connectivity index (χ3v) is 2.67. The van der Waals surface area contributed by atoms with Crippen molar-refractivity contribution in [3.05, 3.63) is 59.2 Å². The van der Waals surface area contributed by atoms with Gasteiger partial charge in [0.1, 0.15) is 24.8 Å². The van der Waals surface area contributed by atoms with Gasteiger partial charge in [-0.05, 0) is 36.8 Å². The average molecular weight is 271 g/mol. The first-order valence-corrected chi connectivity index (χ1v) is 6.11. The molecule has 1 N–H and O–H groups in total. The van der Waals surface area contributed by atoms with Gasteiger partial charge in [0.05, 0.1) is 6.20 Å². The second-order valence-corrected chi connectivity index (χ2v) is 4.24. The summed E-state index contributed by atoms with van der Waals surface area (Å²) >= 11 is 0. The number of aromatic nitrogens is 1. The van der Waals surface area contributed by atoms with Crippen LogP contribution in [0.1, 0.15) is 16.7 Å². The molecule has 102 valence electrons. The maximum absolute atomic E-state index is 13.0. The zero-order valence-electron chi connectivity index (χ0n) is 11.1. The number of hydrogen-bond donors (Lipinski definition) is 1. The maximum Gasteiger partial charge on any atom is 0.141 e. The van der Waals surface area contributed by atoms with E-state index in [9.17, 15) is 4.39 Å². The zero-order chi connectivity index (χ0) is 14.4. The van der Waals surface area contributed by atoms with E-state index in [0.29, 0.717) is 11.3 Å². The quantitative estimate of drug-likeness (QED) is 0.872. The topological polar surface area (TPSA) is 42.4 Å². The molecule has 0 bridgehead atoms.